The summed E-state index contributed by atoms with van der Waals surface area (Å²) < 4.78 is 34.5. The summed E-state index contributed by atoms with van der Waals surface area (Å²) in [4.78, 5) is 31.0. The van der Waals surface area contributed by atoms with Gasteiger partial charge in [0.25, 0.3) is 15.6 Å². The molecule has 0 bridgehead atoms. The zero-order valence-electron chi connectivity index (χ0n) is 19.6. The highest BCUT2D eigenvalue weighted by atomic mass is 35.5. The molecule has 12 heteroatoms. The maximum atomic E-state index is 12.9. The molecule has 0 aliphatic rings. The standard InChI is InChI=1S/C25H21ClN4O6S/c1-15-6-3-4-9-20(15)29-37(34,35)18-10-11-21(22(13-18)36-2)27-14-19-23(31)28-25(33)30(24(19)32)17-8-5-7-16(26)12-17/h3-14,29,32H,1-2H3,(H,28,31,33). The Morgan fingerprint density at radius 3 is 2.54 bits per heavy atom. The van der Waals surface area contributed by atoms with Gasteiger partial charge in [0.2, 0.25) is 5.88 Å². The number of H-pyrrole nitrogens is 1. The van der Waals surface area contributed by atoms with Crippen molar-refractivity contribution in [3.8, 4) is 17.3 Å². The second kappa shape index (κ2) is 10.3. The van der Waals surface area contributed by atoms with Crippen LogP contribution < -0.4 is 20.7 Å². The molecule has 190 valence electrons. The van der Waals surface area contributed by atoms with Crippen molar-refractivity contribution in [3.05, 3.63) is 104 Å². The average Bonchev–Trinajstić information content (AvgIpc) is 2.85. The van der Waals surface area contributed by atoms with Gasteiger partial charge < -0.3 is 9.84 Å². The van der Waals surface area contributed by atoms with Crippen molar-refractivity contribution in [2.75, 3.05) is 11.8 Å². The molecule has 0 saturated carbocycles. The minimum Gasteiger partial charge on any atom is -0.494 e. The summed E-state index contributed by atoms with van der Waals surface area (Å²) in [7, 11) is -2.60. The Morgan fingerprint density at radius 2 is 1.84 bits per heavy atom. The zero-order valence-corrected chi connectivity index (χ0v) is 21.2. The first kappa shape index (κ1) is 25.7. The Kier molecular flexibility index (Phi) is 7.18. The van der Waals surface area contributed by atoms with Crippen LogP contribution in [0.15, 0.2) is 86.2 Å². The number of methoxy groups -OCH3 is 1. The number of hydrogen-bond acceptors (Lipinski definition) is 7. The van der Waals surface area contributed by atoms with Crippen molar-refractivity contribution in [3.63, 3.8) is 0 Å². The van der Waals surface area contributed by atoms with Crippen LogP contribution in [0.1, 0.15) is 11.1 Å². The highest BCUT2D eigenvalue weighted by molar-refractivity contribution is 7.92. The second-order valence-corrected chi connectivity index (χ2v) is 9.94. The highest BCUT2D eigenvalue weighted by Crippen LogP contribution is 2.31. The monoisotopic (exact) mass is 540 g/mol. The van der Waals surface area contributed by atoms with Crippen molar-refractivity contribution >= 4 is 39.2 Å². The van der Waals surface area contributed by atoms with E-state index in [0.717, 1.165) is 16.3 Å². The van der Waals surface area contributed by atoms with Crippen molar-refractivity contribution in [2.45, 2.75) is 11.8 Å². The molecular weight excluding hydrogens is 520 g/mol. The lowest BCUT2D eigenvalue weighted by molar-refractivity contribution is 0.415. The number of para-hydroxylation sites is 1. The van der Waals surface area contributed by atoms with E-state index in [1.165, 1.54) is 37.4 Å². The van der Waals surface area contributed by atoms with E-state index in [2.05, 4.69) is 14.7 Å². The molecule has 3 aromatic carbocycles. The van der Waals surface area contributed by atoms with Crippen LogP contribution in [0, 0.1) is 6.92 Å². The van der Waals surface area contributed by atoms with Gasteiger partial charge in [-0.05, 0) is 48.9 Å². The fourth-order valence-corrected chi connectivity index (χ4v) is 4.80. The molecule has 0 spiro atoms. The van der Waals surface area contributed by atoms with E-state index in [0.29, 0.717) is 10.7 Å². The van der Waals surface area contributed by atoms with Gasteiger partial charge in [-0.2, -0.15) is 0 Å². The molecule has 0 radical (unpaired) electrons. The molecule has 0 aliphatic carbocycles. The number of nitrogens with one attached hydrogen (secondary N) is 2. The van der Waals surface area contributed by atoms with Crippen molar-refractivity contribution < 1.29 is 18.3 Å². The van der Waals surface area contributed by atoms with E-state index in [4.69, 9.17) is 16.3 Å². The molecule has 0 aliphatic heterocycles. The maximum absolute atomic E-state index is 12.9. The van der Waals surface area contributed by atoms with Gasteiger partial charge in [-0.3, -0.25) is 19.5 Å². The van der Waals surface area contributed by atoms with Crippen molar-refractivity contribution in [2.24, 2.45) is 4.99 Å². The molecule has 1 heterocycles. The molecular formula is C25H21ClN4O6S. The number of aromatic amines is 1. The Bertz CT molecular complexity index is 1750. The summed E-state index contributed by atoms with van der Waals surface area (Å²) in [5.74, 6) is -0.552. The van der Waals surface area contributed by atoms with Crippen molar-refractivity contribution in [1.29, 1.82) is 0 Å². The third-order valence-corrected chi connectivity index (χ3v) is 6.97. The lowest BCUT2D eigenvalue weighted by Gasteiger charge is -2.12. The van der Waals surface area contributed by atoms with Gasteiger partial charge in [-0.15, -0.1) is 0 Å². The third-order valence-electron chi connectivity index (χ3n) is 5.37. The summed E-state index contributed by atoms with van der Waals surface area (Å²) in [6.07, 6.45) is 1.05. The number of sulfonamides is 1. The van der Waals surface area contributed by atoms with Crippen LogP contribution in [0.5, 0.6) is 11.6 Å². The minimum absolute atomic E-state index is 0.0678. The Balaban J connectivity index is 1.71. The number of hydrogen-bond donors (Lipinski definition) is 3. The number of anilines is 1. The van der Waals surface area contributed by atoms with Crippen LogP contribution in [0.4, 0.5) is 11.4 Å². The maximum Gasteiger partial charge on any atom is 0.335 e. The largest absolute Gasteiger partial charge is 0.494 e. The topological polar surface area (TPSA) is 143 Å². The Morgan fingerprint density at radius 1 is 1.08 bits per heavy atom. The third kappa shape index (κ3) is 5.42. The molecule has 3 N–H and O–H groups in total. The molecule has 0 amide bonds. The molecule has 1 aromatic heterocycles. The van der Waals surface area contributed by atoms with Crippen LogP contribution in [0.25, 0.3) is 5.69 Å². The average molecular weight is 541 g/mol. The molecule has 0 fully saturated rings. The molecule has 10 nitrogen and oxygen atoms in total. The van der Waals surface area contributed by atoms with Crippen LogP contribution >= 0.6 is 11.6 Å². The summed E-state index contributed by atoms with van der Waals surface area (Å²) in [6.45, 7) is 1.78. The molecule has 4 aromatic rings. The first-order chi connectivity index (χ1) is 17.6. The Hall–Kier alpha value is -4.35. The van der Waals surface area contributed by atoms with Gasteiger partial charge in [-0.1, -0.05) is 35.9 Å². The van der Waals surface area contributed by atoms with Crippen LogP contribution in [-0.2, 0) is 10.0 Å². The fourth-order valence-electron chi connectivity index (χ4n) is 3.47. The number of aliphatic imine (C=N–C) groups is 1. The van der Waals surface area contributed by atoms with Gasteiger partial charge in [-0.25, -0.2) is 17.8 Å². The van der Waals surface area contributed by atoms with Gasteiger partial charge in [0, 0.05) is 17.3 Å². The fraction of sp³-hybridized carbons (Fsp3) is 0.0800. The van der Waals surface area contributed by atoms with E-state index >= 15 is 0 Å². The van der Waals surface area contributed by atoms with Gasteiger partial charge in [0.1, 0.15) is 17.0 Å². The summed E-state index contributed by atoms with van der Waals surface area (Å²) in [5.41, 5.74) is -0.442. The van der Waals surface area contributed by atoms with Crippen LogP contribution in [-0.4, -0.2) is 36.4 Å². The van der Waals surface area contributed by atoms with E-state index in [9.17, 15) is 23.1 Å². The minimum atomic E-state index is -3.94. The van der Waals surface area contributed by atoms with Crippen LogP contribution in [0.2, 0.25) is 5.02 Å². The van der Waals surface area contributed by atoms with Crippen LogP contribution in [0.3, 0.4) is 0 Å². The summed E-state index contributed by atoms with van der Waals surface area (Å²) >= 11 is 5.99. The molecule has 0 unspecified atom stereocenters. The number of nitrogens with zero attached hydrogens (tertiary/aromatic N) is 2. The SMILES string of the molecule is COc1cc(S(=O)(=O)Nc2ccccc2C)ccc1N=Cc1c(O)n(-c2cccc(Cl)c2)c(=O)[nH]c1=O. The number of halogens is 1. The molecule has 37 heavy (non-hydrogen) atoms. The van der Waals surface area contributed by atoms with Gasteiger partial charge in [0.05, 0.1) is 23.4 Å². The quantitative estimate of drug-likeness (QED) is 0.305. The first-order valence-electron chi connectivity index (χ1n) is 10.8. The van der Waals surface area contributed by atoms with Crippen molar-refractivity contribution in [1.82, 2.24) is 9.55 Å². The number of ether oxygens (including phenoxy) is 1. The van der Waals surface area contributed by atoms with E-state index in [1.807, 2.05) is 0 Å². The Labute approximate surface area is 216 Å². The number of aryl methyl sites for hydroxylation is 1. The van der Waals surface area contributed by atoms with E-state index < -0.39 is 27.2 Å². The number of aromatic hydroxyl groups is 1. The highest BCUT2D eigenvalue weighted by Gasteiger charge is 2.18. The summed E-state index contributed by atoms with van der Waals surface area (Å²) in [6, 6.07) is 17.1. The predicted molar refractivity (Wildman–Crippen MR) is 142 cm³/mol. The molecule has 0 atom stereocenters. The molecule has 4 rings (SSSR count). The van der Waals surface area contributed by atoms with Gasteiger partial charge >= 0.3 is 5.69 Å². The lowest BCUT2D eigenvalue weighted by Crippen LogP contribution is -2.31. The lowest BCUT2D eigenvalue weighted by atomic mass is 10.2. The second-order valence-electron chi connectivity index (χ2n) is 7.82. The number of benzene rings is 3. The van der Waals surface area contributed by atoms with E-state index in [1.54, 1.807) is 43.3 Å². The normalized spacial score (nSPS) is 11.5. The zero-order chi connectivity index (χ0) is 26.7. The predicted octanol–water partition coefficient (Wildman–Crippen LogP) is 3.75. The smallest absolute Gasteiger partial charge is 0.335 e. The van der Waals surface area contributed by atoms with Gasteiger partial charge in [0.15, 0.2) is 0 Å². The number of aromatic nitrogens is 2. The number of rotatable bonds is 7. The summed E-state index contributed by atoms with van der Waals surface area (Å²) in [5, 5.41) is 11.0. The molecule has 0 saturated heterocycles. The first-order valence-corrected chi connectivity index (χ1v) is 12.6. The van der Waals surface area contributed by atoms with E-state index in [-0.39, 0.29) is 27.6 Å².